The maximum atomic E-state index is 6.37. The molecule has 0 aromatic carbocycles. The summed E-state index contributed by atoms with van der Waals surface area (Å²) in [6.07, 6.45) is 0. The van der Waals surface area contributed by atoms with Gasteiger partial charge in [-0.2, -0.15) is 0 Å². The van der Waals surface area contributed by atoms with Crippen LogP contribution in [0.3, 0.4) is 0 Å². The summed E-state index contributed by atoms with van der Waals surface area (Å²) in [4.78, 5) is 0. The van der Waals surface area contributed by atoms with Gasteiger partial charge in [0.05, 0.1) is 0 Å². The second-order valence-electron chi connectivity index (χ2n) is 7.20. The Morgan fingerprint density at radius 2 is 0.731 bits per heavy atom. The molecule has 0 aromatic heterocycles. The number of rotatable bonds is 6. The van der Waals surface area contributed by atoms with Gasteiger partial charge in [-0.15, -0.1) is 0 Å². The van der Waals surface area contributed by atoms with Crippen LogP contribution in [0.2, 0.25) is 45.8 Å². The van der Waals surface area contributed by atoms with Crippen LogP contribution < -0.4 is 0 Å². The molecule has 0 bridgehead atoms. The quantitative estimate of drug-likeness (QED) is 0.559. The first-order chi connectivity index (χ1) is 11.7. The molecule has 2 unspecified atom stereocenters. The van der Waals surface area contributed by atoms with Gasteiger partial charge in [-0.05, 0) is 47.0 Å². The van der Waals surface area contributed by atoms with Crippen molar-refractivity contribution in [3.8, 4) is 0 Å². The minimum absolute atomic E-state index is 0.452. The average Bonchev–Trinajstić information content (AvgIpc) is 2.32. The highest BCUT2D eigenvalue weighted by molar-refractivity contribution is 6.90. The minimum atomic E-state index is -3.13. The monoisotopic (exact) mass is 460 g/mol. The second-order valence-corrected chi connectivity index (χ2v) is 22.9. The van der Waals surface area contributed by atoms with Crippen LogP contribution in [-0.2, 0) is 33.9 Å². The van der Waals surface area contributed by atoms with Crippen molar-refractivity contribution < 1.29 is 33.9 Å². The van der Waals surface area contributed by atoms with E-state index in [1.165, 1.54) is 0 Å². The van der Waals surface area contributed by atoms with Gasteiger partial charge >= 0.3 is 43.5 Å². The third-order valence-electron chi connectivity index (χ3n) is 3.32. The van der Waals surface area contributed by atoms with Crippen LogP contribution in [0.15, 0.2) is 0 Å². The summed E-state index contributed by atoms with van der Waals surface area (Å²) in [5, 5.41) is 0. The van der Waals surface area contributed by atoms with E-state index in [0.29, 0.717) is 19.8 Å². The molecular formula is C13H36O8Si5. The molecule has 0 saturated carbocycles. The van der Waals surface area contributed by atoms with Crippen LogP contribution >= 0.6 is 0 Å². The van der Waals surface area contributed by atoms with E-state index in [1.807, 2.05) is 66.6 Å². The maximum Gasteiger partial charge on any atom is 0.482 e. The highest BCUT2D eigenvalue weighted by Crippen LogP contribution is 2.32. The second kappa shape index (κ2) is 9.06. The van der Waals surface area contributed by atoms with Gasteiger partial charge < -0.3 is 33.9 Å². The molecule has 1 saturated heterocycles. The number of hydrogen-bond acceptors (Lipinski definition) is 8. The minimum Gasteiger partial charge on any atom is -0.416 e. The standard InChI is InChI=1S/C13H36O8Si5/c1-11-14-24(8)18-22(4,5)17-23(6,7)19-25(9,15-12-2)21-26(10,20-24)16-13-3/h11-13H2,1-10H3. The summed E-state index contributed by atoms with van der Waals surface area (Å²) in [6, 6.07) is 0. The lowest BCUT2D eigenvalue weighted by atomic mass is 10.9. The molecule has 0 amide bonds. The summed E-state index contributed by atoms with van der Waals surface area (Å²) in [5.41, 5.74) is 0. The molecular weight excluding hydrogens is 425 g/mol. The van der Waals surface area contributed by atoms with Crippen LogP contribution in [0.1, 0.15) is 20.8 Å². The van der Waals surface area contributed by atoms with Gasteiger partial charge in [-0.1, -0.05) is 0 Å². The summed E-state index contributed by atoms with van der Waals surface area (Å²) < 4.78 is 49.7. The van der Waals surface area contributed by atoms with E-state index in [9.17, 15) is 0 Å². The Bertz CT molecular complexity index is 434. The lowest BCUT2D eigenvalue weighted by Gasteiger charge is -2.46. The van der Waals surface area contributed by atoms with Gasteiger partial charge in [0.2, 0.25) is 0 Å². The van der Waals surface area contributed by atoms with Crippen molar-refractivity contribution in [1.82, 2.24) is 0 Å². The van der Waals surface area contributed by atoms with Gasteiger partial charge in [-0.25, -0.2) is 0 Å². The highest BCUT2D eigenvalue weighted by atomic mass is 28.5. The van der Waals surface area contributed by atoms with E-state index in [0.717, 1.165) is 0 Å². The van der Waals surface area contributed by atoms with E-state index in [1.54, 1.807) is 0 Å². The molecule has 0 aromatic rings. The zero-order valence-corrected chi connectivity index (χ0v) is 22.9. The van der Waals surface area contributed by atoms with Crippen molar-refractivity contribution >= 4 is 43.5 Å². The maximum absolute atomic E-state index is 6.37. The molecule has 13 heteroatoms. The van der Waals surface area contributed by atoms with E-state index >= 15 is 0 Å². The summed E-state index contributed by atoms with van der Waals surface area (Å²) >= 11 is 0. The van der Waals surface area contributed by atoms with E-state index in [-0.39, 0.29) is 0 Å². The lowest BCUT2D eigenvalue weighted by molar-refractivity contribution is 0.0665. The van der Waals surface area contributed by atoms with Crippen LogP contribution in [0.25, 0.3) is 0 Å². The lowest BCUT2D eigenvalue weighted by Crippen LogP contribution is -2.68. The largest absolute Gasteiger partial charge is 0.482 e. The molecule has 26 heavy (non-hydrogen) atoms. The predicted molar refractivity (Wildman–Crippen MR) is 110 cm³/mol. The van der Waals surface area contributed by atoms with Crippen molar-refractivity contribution in [2.75, 3.05) is 19.8 Å². The molecule has 8 nitrogen and oxygen atoms in total. The fourth-order valence-electron chi connectivity index (χ4n) is 3.23. The molecule has 0 N–H and O–H groups in total. The van der Waals surface area contributed by atoms with Gasteiger partial charge in [0, 0.05) is 39.5 Å². The molecule has 1 aliphatic heterocycles. The van der Waals surface area contributed by atoms with E-state index in [4.69, 9.17) is 33.9 Å². The Kier molecular flexibility index (Phi) is 8.64. The first-order valence-corrected chi connectivity index (χ1v) is 21.4. The third kappa shape index (κ3) is 7.65. The zero-order valence-electron chi connectivity index (χ0n) is 17.9. The number of hydrogen-bond donors (Lipinski definition) is 0. The Labute approximate surface area is 164 Å². The van der Waals surface area contributed by atoms with Crippen LogP contribution in [0.5, 0.6) is 0 Å². The average molecular weight is 461 g/mol. The van der Waals surface area contributed by atoms with E-state index < -0.39 is 43.5 Å². The molecule has 1 heterocycles. The molecule has 1 rings (SSSR count). The summed E-state index contributed by atoms with van der Waals surface area (Å²) in [7, 11) is -14.4. The molecule has 0 aliphatic carbocycles. The van der Waals surface area contributed by atoms with Crippen molar-refractivity contribution in [3.05, 3.63) is 0 Å². The Balaban J connectivity index is 3.38. The highest BCUT2D eigenvalue weighted by Gasteiger charge is 2.58. The molecule has 0 radical (unpaired) electrons. The third-order valence-corrected chi connectivity index (χ3v) is 22.5. The van der Waals surface area contributed by atoms with E-state index in [2.05, 4.69) is 0 Å². The van der Waals surface area contributed by atoms with Gasteiger partial charge in [-0.3, -0.25) is 0 Å². The van der Waals surface area contributed by atoms with Crippen molar-refractivity contribution in [1.29, 1.82) is 0 Å². The summed E-state index contributed by atoms with van der Waals surface area (Å²) in [5.74, 6) is 0. The molecule has 156 valence electrons. The van der Waals surface area contributed by atoms with Gasteiger partial charge in [0.15, 0.2) is 0 Å². The Morgan fingerprint density at radius 1 is 0.462 bits per heavy atom. The fraction of sp³-hybridized carbons (Fsp3) is 1.00. The topological polar surface area (TPSA) is 73.8 Å². The zero-order chi connectivity index (χ0) is 20.3. The predicted octanol–water partition coefficient (Wildman–Crippen LogP) is 3.30. The van der Waals surface area contributed by atoms with Crippen molar-refractivity contribution in [3.63, 3.8) is 0 Å². The Hall–Kier alpha value is 0.764. The molecule has 1 fully saturated rings. The molecule has 2 atom stereocenters. The molecule has 1 aliphatic rings. The van der Waals surface area contributed by atoms with Crippen molar-refractivity contribution in [2.24, 2.45) is 0 Å². The normalized spacial score (nSPS) is 38.1. The smallest absolute Gasteiger partial charge is 0.416 e. The van der Waals surface area contributed by atoms with Crippen LogP contribution in [0, 0.1) is 0 Å². The van der Waals surface area contributed by atoms with Gasteiger partial charge in [0.25, 0.3) is 0 Å². The SMILES string of the molecule is CCO[Si]1(C)O[Si](C)(C)O[Si](C)(C)O[Si](C)(OCC)O[Si](C)(OCC)O1. The first-order valence-electron chi connectivity index (χ1n) is 9.14. The molecule has 0 spiro atoms. The Morgan fingerprint density at radius 3 is 1.00 bits per heavy atom. The van der Waals surface area contributed by atoms with Crippen LogP contribution in [-0.4, -0.2) is 63.4 Å². The van der Waals surface area contributed by atoms with Gasteiger partial charge in [0.1, 0.15) is 0 Å². The van der Waals surface area contributed by atoms with Crippen LogP contribution in [0.4, 0.5) is 0 Å². The fourth-order valence-corrected chi connectivity index (χ4v) is 26.2. The first kappa shape index (κ1) is 24.8. The van der Waals surface area contributed by atoms with Crippen molar-refractivity contribution in [2.45, 2.75) is 66.6 Å². The summed E-state index contributed by atoms with van der Waals surface area (Å²) in [6.45, 7) is 20.7.